The predicted octanol–water partition coefficient (Wildman–Crippen LogP) is 9.06. The van der Waals surface area contributed by atoms with Gasteiger partial charge in [0.25, 0.3) is 0 Å². The fraction of sp³-hybridized carbons (Fsp3) is 0.176. The maximum absolute atomic E-state index is 4.04. The zero-order valence-electron chi connectivity index (χ0n) is 22.5. The molecule has 0 spiro atoms. The van der Waals surface area contributed by atoms with E-state index in [-0.39, 0.29) is 0 Å². The SMILES string of the molecule is C=C/C=C\c1cc(/C(C)=C(\C)N/C(=C(/CC(/C=C\C)=C/C=C)c2ccccc2)N(C)C=C)ccc1C. The summed E-state index contributed by atoms with van der Waals surface area (Å²) < 4.78 is 0. The second-order valence-corrected chi connectivity index (χ2v) is 8.68. The summed E-state index contributed by atoms with van der Waals surface area (Å²) in [5.41, 5.74) is 9.38. The molecular weight excluding hydrogens is 436 g/mol. The van der Waals surface area contributed by atoms with E-state index in [1.54, 1.807) is 6.08 Å². The first-order chi connectivity index (χ1) is 17.4. The maximum atomic E-state index is 4.04. The van der Waals surface area contributed by atoms with Gasteiger partial charge < -0.3 is 10.2 Å². The van der Waals surface area contributed by atoms with Crippen molar-refractivity contribution in [3.8, 4) is 0 Å². The van der Waals surface area contributed by atoms with Crippen molar-refractivity contribution in [2.75, 3.05) is 7.05 Å². The molecule has 0 aliphatic carbocycles. The molecule has 0 bridgehead atoms. The summed E-state index contributed by atoms with van der Waals surface area (Å²) in [6.45, 7) is 20.2. The van der Waals surface area contributed by atoms with Crippen molar-refractivity contribution in [1.82, 2.24) is 10.2 Å². The highest BCUT2D eigenvalue weighted by molar-refractivity contribution is 5.74. The van der Waals surface area contributed by atoms with Gasteiger partial charge in [-0.25, -0.2) is 0 Å². The Morgan fingerprint density at radius 1 is 0.972 bits per heavy atom. The number of benzene rings is 2. The lowest BCUT2D eigenvalue weighted by Crippen LogP contribution is -2.26. The number of hydrogen-bond acceptors (Lipinski definition) is 2. The fourth-order valence-electron chi connectivity index (χ4n) is 3.89. The zero-order chi connectivity index (χ0) is 26.5. The monoisotopic (exact) mass is 476 g/mol. The second kappa shape index (κ2) is 14.4. The number of nitrogens with one attached hydrogen (secondary N) is 1. The Hall–Kier alpha value is -4.04. The minimum absolute atomic E-state index is 0.744. The van der Waals surface area contributed by atoms with Crippen LogP contribution in [0.5, 0.6) is 0 Å². The lowest BCUT2D eigenvalue weighted by atomic mass is 9.96. The van der Waals surface area contributed by atoms with E-state index < -0.39 is 0 Å². The lowest BCUT2D eigenvalue weighted by Gasteiger charge is -2.26. The summed E-state index contributed by atoms with van der Waals surface area (Å²) in [6, 6.07) is 17.1. The largest absolute Gasteiger partial charge is 0.345 e. The fourth-order valence-corrected chi connectivity index (χ4v) is 3.89. The van der Waals surface area contributed by atoms with Crippen molar-refractivity contribution >= 4 is 17.2 Å². The molecule has 2 heteroatoms. The van der Waals surface area contributed by atoms with Gasteiger partial charge in [0.2, 0.25) is 0 Å². The molecule has 0 heterocycles. The van der Waals surface area contributed by atoms with Crippen molar-refractivity contribution in [2.24, 2.45) is 0 Å². The minimum atomic E-state index is 0.744. The molecule has 0 saturated heterocycles. The molecule has 0 fully saturated rings. The van der Waals surface area contributed by atoms with Crippen LogP contribution in [0.4, 0.5) is 0 Å². The van der Waals surface area contributed by atoms with Crippen LogP contribution in [0.3, 0.4) is 0 Å². The van der Waals surface area contributed by atoms with Gasteiger partial charge in [0, 0.05) is 24.7 Å². The third-order valence-electron chi connectivity index (χ3n) is 6.12. The van der Waals surface area contributed by atoms with Crippen LogP contribution >= 0.6 is 0 Å². The minimum Gasteiger partial charge on any atom is -0.345 e. The van der Waals surface area contributed by atoms with Gasteiger partial charge in [-0.15, -0.1) is 0 Å². The van der Waals surface area contributed by atoms with Crippen molar-refractivity contribution in [1.29, 1.82) is 0 Å². The van der Waals surface area contributed by atoms with Gasteiger partial charge in [0.05, 0.1) is 0 Å². The Morgan fingerprint density at radius 3 is 2.31 bits per heavy atom. The summed E-state index contributed by atoms with van der Waals surface area (Å²) in [7, 11) is 2.03. The Labute approximate surface area is 218 Å². The molecular formula is C34H40N2. The molecule has 0 aliphatic rings. The van der Waals surface area contributed by atoms with Crippen LogP contribution in [0.25, 0.3) is 17.2 Å². The molecule has 0 atom stereocenters. The number of allylic oxidation sites excluding steroid dienone is 10. The van der Waals surface area contributed by atoms with Crippen LogP contribution in [0.15, 0.2) is 128 Å². The normalized spacial score (nSPS) is 13.3. The molecule has 0 aromatic heterocycles. The molecule has 2 aromatic carbocycles. The van der Waals surface area contributed by atoms with Crippen molar-refractivity contribution in [3.05, 3.63) is 150 Å². The van der Waals surface area contributed by atoms with Crippen molar-refractivity contribution in [2.45, 2.75) is 34.1 Å². The number of aryl methyl sites for hydroxylation is 1. The van der Waals surface area contributed by atoms with Gasteiger partial charge in [0.1, 0.15) is 5.82 Å². The number of rotatable bonds is 12. The van der Waals surface area contributed by atoms with Gasteiger partial charge in [-0.1, -0.05) is 105 Å². The topological polar surface area (TPSA) is 15.3 Å². The van der Waals surface area contributed by atoms with Crippen LogP contribution < -0.4 is 5.32 Å². The summed E-state index contributed by atoms with van der Waals surface area (Å²) >= 11 is 0. The van der Waals surface area contributed by atoms with Gasteiger partial charge in [0.15, 0.2) is 0 Å². The van der Waals surface area contributed by atoms with E-state index in [9.17, 15) is 0 Å². The molecule has 0 saturated carbocycles. The van der Waals surface area contributed by atoms with Gasteiger partial charge in [-0.05, 0) is 73.4 Å². The van der Waals surface area contributed by atoms with E-state index in [4.69, 9.17) is 0 Å². The van der Waals surface area contributed by atoms with Crippen LogP contribution in [0, 0.1) is 6.92 Å². The van der Waals surface area contributed by atoms with Gasteiger partial charge in [-0.2, -0.15) is 0 Å². The highest BCUT2D eigenvalue weighted by Gasteiger charge is 2.15. The van der Waals surface area contributed by atoms with Crippen molar-refractivity contribution in [3.63, 3.8) is 0 Å². The molecule has 2 aromatic rings. The molecule has 0 aliphatic heterocycles. The quantitative estimate of drug-likeness (QED) is 0.307. The summed E-state index contributed by atoms with van der Waals surface area (Å²) in [5.74, 6) is 0.992. The zero-order valence-corrected chi connectivity index (χ0v) is 22.5. The maximum Gasteiger partial charge on any atom is 0.113 e. The summed E-state index contributed by atoms with van der Waals surface area (Å²) in [5, 5.41) is 3.73. The van der Waals surface area contributed by atoms with E-state index in [0.29, 0.717) is 0 Å². The first kappa shape index (κ1) is 28.2. The molecule has 2 nitrogen and oxygen atoms in total. The first-order valence-corrected chi connectivity index (χ1v) is 12.3. The lowest BCUT2D eigenvalue weighted by molar-refractivity contribution is 0.529. The number of hydrogen-bond donors (Lipinski definition) is 1. The standard InChI is InChI=1S/C34H40N2/c1-9-13-19-31-25-32(23-22-26(31)5)27(6)28(7)35-34(36(8)12-4)33(30-20-15-14-16-21-30)24-29(17-10-2)18-11-3/h9-23,25,35H,1-2,4,24H2,3,5-8H3/b18-11-,19-13-,28-27+,29-17+,34-33+. The Balaban J connectivity index is 2.67. The molecule has 0 amide bonds. The number of nitrogens with zero attached hydrogens (tertiary/aromatic N) is 1. The van der Waals surface area contributed by atoms with E-state index in [1.807, 2.05) is 43.3 Å². The molecule has 1 N–H and O–H groups in total. The first-order valence-electron chi connectivity index (χ1n) is 12.3. The Morgan fingerprint density at radius 2 is 1.69 bits per heavy atom. The highest BCUT2D eigenvalue weighted by Crippen LogP contribution is 2.29. The molecule has 0 radical (unpaired) electrons. The van der Waals surface area contributed by atoms with Crippen LogP contribution in [0.2, 0.25) is 0 Å². The second-order valence-electron chi connectivity index (χ2n) is 8.68. The highest BCUT2D eigenvalue weighted by atomic mass is 15.2. The molecule has 186 valence electrons. The average Bonchev–Trinajstić information content (AvgIpc) is 2.89. The molecule has 36 heavy (non-hydrogen) atoms. The van der Waals surface area contributed by atoms with E-state index in [0.717, 1.165) is 23.5 Å². The smallest absolute Gasteiger partial charge is 0.113 e. The Kier molecular flexibility index (Phi) is 11.3. The predicted molar refractivity (Wildman–Crippen MR) is 161 cm³/mol. The van der Waals surface area contributed by atoms with Gasteiger partial charge >= 0.3 is 0 Å². The average molecular weight is 477 g/mol. The van der Waals surface area contributed by atoms with Crippen molar-refractivity contribution < 1.29 is 0 Å². The summed E-state index contributed by atoms with van der Waals surface area (Å²) in [6.07, 6.45) is 16.6. The van der Waals surface area contributed by atoms with Gasteiger partial charge in [-0.3, -0.25) is 0 Å². The van der Waals surface area contributed by atoms with E-state index in [2.05, 4.69) is 113 Å². The Bertz CT molecular complexity index is 1220. The molecule has 2 rings (SSSR count). The molecule has 0 unspecified atom stereocenters. The van der Waals surface area contributed by atoms with E-state index in [1.165, 1.54) is 33.4 Å². The van der Waals surface area contributed by atoms with E-state index >= 15 is 0 Å². The van der Waals surface area contributed by atoms with Crippen LogP contribution in [-0.4, -0.2) is 11.9 Å². The van der Waals surface area contributed by atoms with Crippen LogP contribution in [0.1, 0.15) is 49.4 Å². The summed E-state index contributed by atoms with van der Waals surface area (Å²) in [4.78, 5) is 2.05. The third kappa shape index (κ3) is 7.74. The third-order valence-corrected chi connectivity index (χ3v) is 6.12. The van der Waals surface area contributed by atoms with Crippen LogP contribution in [-0.2, 0) is 0 Å².